The molecule has 3 heterocycles. The molecule has 1 N–H and O–H groups in total. The van der Waals surface area contributed by atoms with Gasteiger partial charge in [-0.05, 0) is 17.5 Å². The van der Waals surface area contributed by atoms with Gasteiger partial charge in [-0.25, -0.2) is 9.50 Å². The van der Waals surface area contributed by atoms with Crippen LogP contribution in [0.5, 0.6) is 0 Å². The average Bonchev–Trinajstić information content (AvgIpc) is 3.22. The van der Waals surface area contributed by atoms with E-state index in [0.717, 1.165) is 12.3 Å². The number of hydrogen-bond donors (Lipinski definition) is 1. The molecule has 3 aromatic heterocycles. The Morgan fingerprint density at radius 1 is 1.44 bits per heavy atom. The number of ether oxygens (including phenoxy) is 1. The smallest absolute Gasteiger partial charge is 0.383 e. The maximum absolute atomic E-state index is 13.4. The second-order valence-electron chi connectivity index (χ2n) is 5.04. The number of rotatable bonds is 5. The van der Waals surface area contributed by atoms with Gasteiger partial charge in [0.1, 0.15) is 5.56 Å². The van der Waals surface area contributed by atoms with Crippen LogP contribution in [-0.2, 0) is 10.9 Å². The normalized spacial score (nSPS) is 11.8. The summed E-state index contributed by atoms with van der Waals surface area (Å²) in [7, 11) is 1.48. The first-order valence-corrected chi connectivity index (χ1v) is 8.07. The average molecular weight is 370 g/mol. The molecule has 0 aliphatic rings. The largest absolute Gasteiger partial charge is 0.433 e. The third kappa shape index (κ3) is 3.49. The van der Waals surface area contributed by atoms with Gasteiger partial charge in [0, 0.05) is 13.7 Å². The molecule has 0 bridgehead atoms. The number of carbonyl (C=O) groups excluding carboxylic acids is 1. The Balaban J connectivity index is 2.12. The summed E-state index contributed by atoms with van der Waals surface area (Å²) in [5, 5.41) is 8.00. The zero-order chi connectivity index (χ0) is 18.0. The number of methoxy groups -OCH3 is 1. The number of hydrogen-bond acceptors (Lipinski definition) is 5. The molecule has 6 nitrogen and oxygen atoms in total. The first-order valence-electron chi connectivity index (χ1n) is 7.19. The Bertz CT molecular complexity index is 890. The van der Waals surface area contributed by atoms with Crippen LogP contribution >= 0.6 is 11.3 Å². The third-order valence-corrected chi connectivity index (χ3v) is 4.26. The van der Waals surface area contributed by atoms with Crippen molar-refractivity contribution in [2.45, 2.75) is 6.18 Å². The molecule has 1 amide bonds. The molecule has 0 fully saturated rings. The Labute approximate surface area is 144 Å². The van der Waals surface area contributed by atoms with Crippen molar-refractivity contribution in [1.29, 1.82) is 0 Å². The molecule has 132 valence electrons. The van der Waals surface area contributed by atoms with Crippen LogP contribution in [0.2, 0.25) is 0 Å². The molecule has 3 rings (SSSR count). The summed E-state index contributed by atoms with van der Waals surface area (Å²) in [6.45, 7) is 0.510. The molecule has 0 saturated heterocycles. The van der Waals surface area contributed by atoms with Crippen LogP contribution in [0.3, 0.4) is 0 Å². The molecular weight excluding hydrogens is 357 g/mol. The van der Waals surface area contributed by atoms with Gasteiger partial charge < -0.3 is 10.1 Å². The highest BCUT2D eigenvalue weighted by Gasteiger charge is 2.36. The van der Waals surface area contributed by atoms with Crippen LogP contribution in [0.25, 0.3) is 16.2 Å². The number of nitrogens with one attached hydrogen (secondary N) is 1. The Morgan fingerprint density at radius 2 is 2.24 bits per heavy atom. The number of carbonyl (C=O) groups is 1. The van der Waals surface area contributed by atoms with E-state index in [1.54, 1.807) is 17.5 Å². The van der Waals surface area contributed by atoms with Crippen molar-refractivity contribution in [3.8, 4) is 10.6 Å². The molecule has 0 atom stereocenters. The lowest BCUT2D eigenvalue weighted by Gasteiger charge is -2.11. The van der Waals surface area contributed by atoms with E-state index in [0.29, 0.717) is 9.39 Å². The highest BCUT2D eigenvalue weighted by Crippen LogP contribution is 2.33. The fourth-order valence-electron chi connectivity index (χ4n) is 2.24. The first kappa shape index (κ1) is 17.4. The van der Waals surface area contributed by atoms with Crippen molar-refractivity contribution in [2.75, 3.05) is 20.3 Å². The molecule has 25 heavy (non-hydrogen) atoms. The van der Waals surface area contributed by atoms with Crippen LogP contribution in [0, 0.1) is 0 Å². The summed E-state index contributed by atoms with van der Waals surface area (Å²) in [4.78, 5) is 17.0. The van der Waals surface area contributed by atoms with Crippen LogP contribution in [0.15, 0.2) is 29.8 Å². The van der Waals surface area contributed by atoms with E-state index >= 15 is 0 Å². The first-order chi connectivity index (χ1) is 11.9. The second kappa shape index (κ2) is 6.81. The van der Waals surface area contributed by atoms with E-state index in [9.17, 15) is 18.0 Å². The quantitative estimate of drug-likeness (QED) is 0.702. The fourth-order valence-corrected chi connectivity index (χ4v) is 2.92. The maximum Gasteiger partial charge on any atom is 0.433 e. The second-order valence-corrected chi connectivity index (χ2v) is 5.99. The number of halogens is 3. The molecule has 0 saturated carbocycles. The molecule has 0 aliphatic heterocycles. The topological polar surface area (TPSA) is 68.5 Å². The van der Waals surface area contributed by atoms with Crippen molar-refractivity contribution < 1.29 is 22.7 Å². The standard InChI is InChI=1S/C15H13F3N4O2S/c1-24-5-4-19-14(23)9-8-20-22-12(15(16,17)18)7-10(21-13(9)22)11-3-2-6-25-11/h2-3,6-8H,4-5H2,1H3,(H,19,23). The van der Waals surface area contributed by atoms with Crippen LogP contribution in [0.4, 0.5) is 13.2 Å². The van der Waals surface area contributed by atoms with Crippen molar-refractivity contribution in [3.63, 3.8) is 0 Å². The molecule has 0 aliphatic carbocycles. The summed E-state index contributed by atoms with van der Waals surface area (Å²) in [5.41, 5.74) is -1.02. The van der Waals surface area contributed by atoms with E-state index < -0.39 is 17.8 Å². The van der Waals surface area contributed by atoms with E-state index in [1.165, 1.54) is 18.4 Å². The summed E-state index contributed by atoms with van der Waals surface area (Å²) in [6.07, 6.45) is -3.55. The van der Waals surface area contributed by atoms with Gasteiger partial charge >= 0.3 is 6.18 Å². The molecule has 10 heteroatoms. The maximum atomic E-state index is 13.4. The van der Waals surface area contributed by atoms with Gasteiger partial charge in [0.2, 0.25) is 0 Å². The number of alkyl halides is 3. The zero-order valence-electron chi connectivity index (χ0n) is 13.0. The van der Waals surface area contributed by atoms with E-state index in [4.69, 9.17) is 4.74 Å². The summed E-state index contributed by atoms with van der Waals surface area (Å²) < 4.78 is 45.7. The van der Waals surface area contributed by atoms with Gasteiger partial charge in [-0.15, -0.1) is 11.3 Å². The van der Waals surface area contributed by atoms with Gasteiger partial charge in [0.05, 0.1) is 23.4 Å². The van der Waals surface area contributed by atoms with Gasteiger partial charge in [-0.2, -0.15) is 18.3 Å². The van der Waals surface area contributed by atoms with E-state index in [1.807, 2.05) is 0 Å². The SMILES string of the molecule is COCCNC(=O)c1cnn2c(C(F)(F)F)cc(-c3cccs3)nc12. The van der Waals surface area contributed by atoms with Crippen LogP contribution in [0.1, 0.15) is 16.1 Å². The molecule has 0 spiro atoms. The number of aromatic nitrogens is 3. The predicted molar refractivity (Wildman–Crippen MR) is 85.5 cm³/mol. The summed E-state index contributed by atoms with van der Waals surface area (Å²) in [5.74, 6) is -0.559. The minimum Gasteiger partial charge on any atom is -0.383 e. The monoisotopic (exact) mass is 370 g/mol. The predicted octanol–water partition coefficient (Wildman–Crippen LogP) is 2.85. The van der Waals surface area contributed by atoms with Crippen molar-refractivity contribution in [1.82, 2.24) is 19.9 Å². The molecular formula is C15H13F3N4O2S. The number of amides is 1. The highest BCUT2D eigenvalue weighted by atomic mass is 32.1. The zero-order valence-corrected chi connectivity index (χ0v) is 13.8. The Hall–Kier alpha value is -2.46. The lowest BCUT2D eigenvalue weighted by molar-refractivity contribution is -0.142. The fraction of sp³-hybridized carbons (Fsp3) is 0.267. The summed E-state index contributed by atoms with van der Waals surface area (Å²) >= 11 is 1.26. The molecule has 0 radical (unpaired) electrons. The Kier molecular flexibility index (Phi) is 4.73. The number of thiophene rings is 1. The third-order valence-electron chi connectivity index (χ3n) is 3.37. The minimum absolute atomic E-state index is 0.0278. The van der Waals surface area contributed by atoms with Crippen LogP contribution in [-0.4, -0.2) is 40.8 Å². The van der Waals surface area contributed by atoms with Crippen LogP contribution < -0.4 is 5.32 Å². The molecule has 0 aromatic carbocycles. The Morgan fingerprint density at radius 3 is 2.88 bits per heavy atom. The van der Waals surface area contributed by atoms with Gasteiger partial charge in [0.15, 0.2) is 11.3 Å². The van der Waals surface area contributed by atoms with Gasteiger partial charge in [0.25, 0.3) is 5.91 Å². The lowest BCUT2D eigenvalue weighted by atomic mass is 10.2. The van der Waals surface area contributed by atoms with Gasteiger partial charge in [-0.3, -0.25) is 4.79 Å². The molecule has 0 unspecified atom stereocenters. The summed E-state index contributed by atoms with van der Waals surface area (Å²) in [6, 6.07) is 4.31. The van der Waals surface area contributed by atoms with E-state index in [-0.39, 0.29) is 30.1 Å². The van der Waals surface area contributed by atoms with Crippen molar-refractivity contribution in [3.05, 3.63) is 41.0 Å². The van der Waals surface area contributed by atoms with Crippen molar-refractivity contribution >= 4 is 22.9 Å². The van der Waals surface area contributed by atoms with Crippen molar-refractivity contribution in [2.24, 2.45) is 0 Å². The minimum atomic E-state index is -4.64. The number of fused-ring (bicyclic) bond motifs is 1. The lowest BCUT2D eigenvalue weighted by Crippen LogP contribution is -2.27. The van der Waals surface area contributed by atoms with Gasteiger partial charge in [-0.1, -0.05) is 6.07 Å². The highest BCUT2D eigenvalue weighted by molar-refractivity contribution is 7.13. The van der Waals surface area contributed by atoms with E-state index in [2.05, 4.69) is 15.4 Å². The number of nitrogens with zero attached hydrogens (tertiary/aromatic N) is 3. The molecule has 3 aromatic rings.